The van der Waals surface area contributed by atoms with Gasteiger partial charge in [-0.25, -0.2) is 4.99 Å². The fraction of sp³-hybridized carbons (Fsp3) is 0.176. The van der Waals surface area contributed by atoms with Crippen LogP contribution in [-0.4, -0.2) is 16.3 Å². The van der Waals surface area contributed by atoms with Crippen LogP contribution in [0.5, 0.6) is 0 Å². The summed E-state index contributed by atoms with van der Waals surface area (Å²) >= 11 is 4.55. The molecular formula is C17H12BrF3N2OS. The van der Waals surface area contributed by atoms with Gasteiger partial charge in [0.2, 0.25) is 5.91 Å². The number of hydrogen-bond acceptors (Lipinski definition) is 3. The van der Waals surface area contributed by atoms with Gasteiger partial charge in [-0.3, -0.25) is 4.79 Å². The van der Waals surface area contributed by atoms with E-state index in [-0.39, 0.29) is 12.3 Å². The van der Waals surface area contributed by atoms with E-state index in [0.717, 1.165) is 16.6 Å². The number of carbonyl (C=O) groups excluding carboxylic acids is 1. The number of aliphatic imine (C=N–C) groups is 1. The maximum absolute atomic E-state index is 12.8. The van der Waals surface area contributed by atoms with Gasteiger partial charge in [0.25, 0.3) is 0 Å². The van der Waals surface area contributed by atoms with Gasteiger partial charge < -0.3 is 5.32 Å². The van der Waals surface area contributed by atoms with Crippen molar-refractivity contribution in [3.8, 4) is 0 Å². The molecule has 8 heteroatoms. The number of rotatable bonds is 3. The third kappa shape index (κ3) is 4.64. The van der Waals surface area contributed by atoms with Crippen LogP contribution in [0.25, 0.3) is 0 Å². The van der Waals surface area contributed by atoms with Crippen LogP contribution < -0.4 is 5.32 Å². The number of amidine groups is 1. The Labute approximate surface area is 154 Å². The number of nitrogens with one attached hydrogen (secondary N) is 1. The maximum Gasteiger partial charge on any atom is 0.416 e. The van der Waals surface area contributed by atoms with Gasteiger partial charge in [0.1, 0.15) is 0 Å². The Kier molecular flexibility index (Phi) is 5.19. The van der Waals surface area contributed by atoms with Crippen molar-refractivity contribution in [2.24, 2.45) is 4.99 Å². The number of amides is 1. The lowest BCUT2D eigenvalue weighted by atomic mass is 10.1. The highest BCUT2D eigenvalue weighted by molar-refractivity contribution is 9.10. The summed E-state index contributed by atoms with van der Waals surface area (Å²) in [5.74, 6) is -0.252. The van der Waals surface area contributed by atoms with E-state index in [1.807, 2.05) is 12.1 Å². The van der Waals surface area contributed by atoms with Gasteiger partial charge in [-0.05, 0) is 42.3 Å². The first kappa shape index (κ1) is 18.0. The summed E-state index contributed by atoms with van der Waals surface area (Å²) < 4.78 is 39.3. The van der Waals surface area contributed by atoms with E-state index in [9.17, 15) is 18.0 Å². The Balaban J connectivity index is 1.72. The van der Waals surface area contributed by atoms with Crippen molar-refractivity contribution in [2.45, 2.75) is 17.8 Å². The van der Waals surface area contributed by atoms with Crippen molar-refractivity contribution in [3.63, 3.8) is 0 Å². The molecule has 3 rings (SSSR count). The molecule has 0 bridgehead atoms. The molecule has 1 saturated heterocycles. The fourth-order valence-electron chi connectivity index (χ4n) is 2.31. The SMILES string of the molecule is O=C1NC(=Nc2ccc(Br)cc2)S[C@@H]1Cc1cccc(C(F)(F)F)c1. The Morgan fingerprint density at radius 2 is 1.88 bits per heavy atom. The summed E-state index contributed by atoms with van der Waals surface area (Å²) in [5.41, 5.74) is 0.440. The van der Waals surface area contributed by atoms with Crippen molar-refractivity contribution < 1.29 is 18.0 Å². The minimum Gasteiger partial charge on any atom is -0.304 e. The third-order valence-corrected chi connectivity index (χ3v) is 5.12. The summed E-state index contributed by atoms with van der Waals surface area (Å²) in [6.45, 7) is 0. The number of thioether (sulfide) groups is 1. The molecule has 25 heavy (non-hydrogen) atoms. The molecule has 1 heterocycles. The quantitative estimate of drug-likeness (QED) is 0.752. The second kappa shape index (κ2) is 7.21. The van der Waals surface area contributed by atoms with Crippen LogP contribution >= 0.6 is 27.7 Å². The molecular weight excluding hydrogens is 417 g/mol. The van der Waals surface area contributed by atoms with E-state index in [0.29, 0.717) is 16.4 Å². The van der Waals surface area contributed by atoms with E-state index < -0.39 is 17.0 Å². The molecule has 1 aliphatic heterocycles. The topological polar surface area (TPSA) is 41.5 Å². The standard InChI is InChI=1S/C17H12BrF3N2OS/c18-12-4-6-13(7-5-12)22-16-23-15(24)14(25-16)9-10-2-1-3-11(8-10)17(19,20)21/h1-8,14H,9H2,(H,22,23,24)/t14-/m1/s1. The van der Waals surface area contributed by atoms with Crippen molar-refractivity contribution in [2.75, 3.05) is 0 Å². The van der Waals surface area contributed by atoms with Crippen molar-refractivity contribution in [1.29, 1.82) is 0 Å². The molecule has 0 unspecified atom stereocenters. The normalized spacial score (nSPS) is 19.3. The first-order valence-corrected chi connectivity index (χ1v) is 8.96. The second-order valence-electron chi connectivity index (χ2n) is 5.39. The van der Waals surface area contributed by atoms with Gasteiger partial charge in [0.05, 0.1) is 16.5 Å². The van der Waals surface area contributed by atoms with Crippen LogP contribution in [0.1, 0.15) is 11.1 Å². The van der Waals surface area contributed by atoms with E-state index in [1.165, 1.54) is 17.8 Å². The van der Waals surface area contributed by atoms with Gasteiger partial charge in [0, 0.05) is 4.47 Å². The Bertz CT molecular complexity index is 821. The van der Waals surface area contributed by atoms with Crippen LogP contribution in [0.2, 0.25) is 0 Å². The first-order chi connectivity index (χ1) is 11.8. The molecule has 0 spiro atoms. The molecule has 0 radical (unpaired) electrons. The second-order valence-corrected chi connectivity index (χ2v) is 7.50. The van der Waals surface area contributed by atoms with E-state index in [2.05, 4.69) is 26.2 Å². The van der Waals surface area contributed by atoms with Gasteiger partial charge in [-0.15, -0.1) is 0 Å². The molecule has 130 valence electrons. The largest absolute Gasteiger partial charge is 0.416 e. The first-order valence-electron chi connectivity index (χ1n) is 7.29. The zero-order valence-electron chi connectivity index (χ0n) is 12.7. The summed E-state index contributed by atoms with van der Waals surface area (Å²) in [6, 6.07) is 12.3. The number of alkyl halides is 3. The average Bonchev–Trinajstić information content (AvgIpc) is 2.88. The molecule has 0 aliphatic carbocycles. The van der Waals surface area contributed by atoms with Crippen LogP contribution in [0.4, 0.5) is 18.9 Å². The fourth-order valence-corrected chi connectivity index (χ4v) is 3.61. The predicted octanol–water partition coefficient (Wildman–Crippen LogP) is 4.93. The van der Waals surface area contributed by atoms with Crippen molar-refractivity contribution >= 4 is 44.5 Å². The number of carbonyl (C=O) groups is 1. The predicted molar refractivity (Wildman–Crippen MR) is 95.9 cm³/mol. The highest BCUT2D eigenvalue weighted by Crippen LogP contribution is 2.31. The zero-order chi connectivity index (χ0) is 18.0. The average molecular weight is 429 g/mol. The molecule has 0 saturated carbocycles. The molecule has 1 N–H and O–H groups in total. The Morgan fingerprint density at radius 1 is 1.16 bits per heavy atom. The van der Waals surface area contributed by atoms with Crippen LogP contribution in [-0.2, 0) is 17.4 Å². The third-order valence-electron chi connectivity index (χ3n) is 3.51. The summed E-state index contributed by atoms with van der Waals surface area (Å²) in [5, 5.41) is 2.62. The molecule has 0 aromatic heterocycles. The smallest absolute Gasteiger partial charge is 0.304 e. The molecule has 1 amide bonds. The van der Waals surface area contributed by atoms with Crippen molar-refractivity contribution in [1.82, 2.24) is 5.32 Å². The Hall–Kier alpha value is -1.80. The van der Waals surface area contributed by atoms with Gasteiger partial charge in [-0.1, -0.05) is 45.9 Å². The molecule has 2 aromatic rings. The molecule has 1 atom stereocenters. The van der Waals surface area contributed by atoms with Crippen molar-refractivity contribution in [3.05, 3.63) is 64.1 Å². The highest BCUT2D eigenvalue weighted by atomic mass is 79.9. The van der Waals surface area contributed by atoms with Gasteiger partial charge in [0.15, 0.2) is 5.17 Å². The molecule has 3 nitrogen and oxygen atoms in total. The molecule has 2 aromatic carbocycles. The van der Waals surface area contributed by atoms with Crippen LogP contribution in [0.15, 0.2) is 58.0 Å². The number of benzene rings is 2. The van der Waals surface area contributed by atoms with Crippen LogP contribution in [0.3, 0.4) is 0 Å². The van der Waals surface area contributed by atoms with Gasteiger partial charge >= 0.3 is 6.18 Å². The van der Waals surface area contributed by atoms with E-state index in [1.54, 1.807) is 18.2 Å². The number of nitrogens with zero attached hydrogens (tertiary/aromatic N) is 1. The number of hydrogen-bond donors (Lipinski definition) is 1. The molecule has 1 fully saturated rings. The lowest BCUT2D eigenvalue weighted by Gasteiger charge is -2.10. The summed E-state index contributed by atoms with van der Waals surface area (Å²) in [4.78, 5) is 16.4. The highest BCUT2D eigenvalue weighted by Gasteiger charge is 2.33. The van der Waals surface area contributed by atoms with E-state index >= 15 is 0 Å². The molecule has 1 aliphatic rings. The number of halogens is 4. The van der Waals surface area contributed by atoms with E-state index in [4.69, 9.17) is 0 Å². The van der Waals surface area contributed by atoms with Crippen LogP contribution in [0, 0.1) is 0 Å². The lowest BCUT2D eigenvalue weighted by molar-refractivity contribution is -0.137. The monoisotopic (exact) mass is 428 g/mol. The summed E-state index contributed by atoms with van der Waals surface area (Å²) in [6.07, 6.45) is -4.19. The summed E-state index contributed by atoms with van der Waals surface area (Å²) in [7, 11) is 0. The maximum atomic E-state index is 12.8. The minimum absolute atomic E-state index is 0.208. The zero-order valence-corrected chi connectivity index (χ0v) is 15.1. The minimum atomic E-state index is -4.39. The lowest BCUT2D eigenvalue weighted by Crippen LogP contribution is -2.26. The Morgan fingerprint density at radius 3 is 2.56 bits per heavy atom. The van der Waals surface area contributed by atoms with Gasteiger partial charge in [-0.2, -0.15) is 13.2 Å².